The van der Waals surface area contributed by atoms with Crippen LogP contribution in [0, 0.1) is 23.0 Å². The van der Waals surface area contributed by atoms with Crippen LogP contribution in [0.5, 0.6) is 0 Å². The van der Waals surface area contributed by atoms with Crippen molar-refractivity contribution in [2.45, 2.75) is 0 Å². The molecule has 0 fully saturated rings. The first-order chi connectivity index (χ1) is 8.58. The third-order valence-corrected chi connectivity index (χ3v) is 2.90. The van der Waals surface area contributed by atoms with Crippen molar-refractivity contribution in [2.24, 2.45) is 0 Å². The Morgan fingerprint density at radius 2 is 1.72 bits per heavy atom. The Hall–Kier alpha value is -1.93. The molecule has 2 aromatic rings. The average Bonchev–Trinajstić information content (AvgIpc) is 2.30. The maximum absolute atomic E-state index is 13.0. The number of rotatable bonds is 2. The van der Waals surface area contributed by atoms with Gasteiger partial charge in [-0.1, -0.05) is 0 Å². The molecule has 0 radical (unpaired) electrons. The fraction of sp³-hybridized carbons (Fsp3) is 0. The van der Waals surface area contributed by atoms with Gasteiger partial charge in [0.2, 0.25) is 0 Å². The van der Waals surface area contributed by atoms with E-state index < -0.39 is 11.6 Å². The molecule has 0 bridgehead atoms. The first kappa shape index (κ1) is 12.5. The number of nitrogens with one attached hydrogen (secondary N) is 1. The molecule has 90 valence electrons. The van der Waals surface area contributed by atoms with E-state index in [-0.39, 0.29) is 0 Å². The van der Waals surface area contributed by atoms with Gasteiger partial charge >= 0.3 is 0 Å². The number of nitrogens with zero attached hydrogens (tertiary/aromatic N) is 1. The molecule has 1 N–H and O–H groups in total. The van der Waals surface area contributed by atoms with E-state index in [4.69, 9.17) is 5.26 Å². The van der Waals surface area contributed by atoms with Crippen LogP contribution in [0.25, 0.3) is 0 Å². The normalized spacial score (nSPS) is 9.89. The van der Waals surface area contributed by atoms with Gasteiger partial charge in [0.05, 0.1) is 17.3 Å². The fourth-order valence-electron chi connectivity index (χ4n) is 1.47. The first-order valence-corrected chi connectivity index (χ1v) is 5.80. The Balaban J connectivity index is 2.31. The molecule has 2 nitrogen and oxygen atoms in total. The summed E-state index contributed by atoms with van der Waals surface area (Å²) in [5.41, 5.74) is 1.43. The van der Waals surface area contributed by atoms with Crippen molar-refractivity contribution in [3.63, 3.8) is 0 Å². The van der Waals surface area contributed by atoms with E-state index in [1.54, 1.807) is 18.2 Å². The van der Waals surface area contributed by atoms with E-state index in [2.05, 4.69) is 21.2 Å². The number of anilines is 2. The summed E-state index contributed by atoms with van der Waals surface area (Å²) in [5.74, 6) is -1.30. The quantitative estimate of drug-likeness (QED) is 0.895. The lowest BCUT2D eigenvalue weighted by Crippen LogP contribution is -1.94. The topological polar surface area (TPSA) is 35.8 Å². The molecular weight excluding hydrogens is 302 g/mol. The third kappa shape index (κ3) is 2.84. The lowest BCUT2D eigenvalue weighted by molar-refractivity contribution is 0.584. The molecule has 2 rings (SSSR count). The molecule has 0 saturated heterocycles. The van der Waals surface area contributed by atoms with Crippen molar-refractivity contribution in [1.82, 2.24) is 0 Å². The van der Waals surface area contributed by atoms with Crippen LogP contribution in [0.3, 0.4) is 0 Å². The predicted octanol–water partition coefficient (Wildman–Crippen LogP) is 4.34. The summed E-state index contributed by atoms with van der Waals surface area (Å²) in [6.07, 6.45) is 0. The molecule has 0 spiro atoms. The largest absolute Gasteiger partial charge is 0.354 e. The number of hydrogen-bond acceptors (Lipinski definition) is 2. The third-order valence-electron chi connectivity index (χ3n) is 2.24. The van der Waals surface area contributed by atoms with Gasteiger partial charge in [0, 0.05) is 16.2 Å². The lowest BCUT2D eigenvalue weighted by atomic mass is 10.2. The molecule has 0 aliphatic heterocycles. The Kier molecular flexibility index (Phi) is 3.58. The van der Waals surface area contributed by atoms with Gasteiger partial charge in [-0.15, -0.1) is 0 Å². The second-order valence-electron chi connectivity index (χ2n) is 3.59. The van der Waals surface area contributed by atoms with E-state index in [9.17, 15) is 8.78 Å². The van der Waals surface area contributed by atoms with Crippen LogP contribution in [0.4, 0.5) is 20.2 Å². The van der Waals surface area contributed by atoms with Crippen LogP contribution < -0.4 is 5.32 Å². The molecule has 0 heterocycles. The number of benzene rings is 2. The molecular formula is C13H7BrF2N2. The molecule has 0 aromatic heterocycles. The summed E-state index contributed by atoms with van der Waals surface area (Å²) in [7, 11) is 0. The molecule has 2 aromatic carbocycles. The minimum Gasteiger partial charge on any atom is -0.354 e. The van der Waals surface area contributed by atoms with E-state index >= 15 is 0 Å². The van der Waals surface area contributed by atoms with Crippen LogP contribution >= 0.6 is 15.9 Å². The van der Waals surface area contributed by atoms with Gasteiger partial charge in [0.15, 0.2) is 0 Å². The zero-order chi connectivity index (χ0) is 13.1. The van der Waals surface area contributed by atoms with Crippen molar-refractivity contribution in [2.75, 3.05) is 5.32 Å². The van der Waals surface area contributed by atoms with E-state index in [0.29, 0.717) is 21.4 Å². The average molecular weight is 309 g/mol. The second kappa shape index (κ2) is 5.15. The predicted molar refractivity (Wildman–Crippen MR) is 68.5 cm³/mol. The SMILES string of the molecule is N#Cc1ccc(Nc2cc(F)cc(F)c2)c(Br)c1. The molecule has 0 unspecified atom stereocenters. The zero-order valence-corrected chi connectivity index (χ0v) is 10.6. The molecule has 0 saturated carbocycles. The Labute approximate surface area is 111 Å². The van der Waals surface area contributed by atoms with E-state index in [1.165, 1.54) is 12.1 Å². The molecule has 0 aliphatic rings. The highest BCUT2D eigenvalue weighted by atomic mass is 79.9. The van der Waals surface area contributed by atoms with Crippen molar-refractivity contribution < 1.29 is 8.78 Å². The molecule has 0 amide bonds. The van der Waals surface area contributed by atoms with Crippen LogP contribution in [0.15, 0.2) is 40.9 Å². The Morgan fingerprint density at radius 3 is 2.28 bits per heavy atom. The smallest absolute Gasteiger partial charge is 0.128 e. The van der Waals surface area contributed by atoms with E-state index in [0.717, 1.165) is 6.07 Å². The fourth-order valence-corrected chi connectivity index (χ4v) is 1.95. The number of halogens is 3. The van der Waals surface area contributed by atoms with Gasteiger partial charge < -0.3 is 5.32 Å². The standard InChI is InChI=1S/C13H7BrF2N2/c14-12-3-8(7-17)1-2-13(12)18-11-5-9(15)4-10(16)6-11/h1-6,18H. The highest BCUT2D eigenvalue weighted by molar-refractivity contribution is 9.10. The van der Waals surface area contributed by atoms with Crippen LogP contribution in [-0.4, -0.2) is 0 Å². The Bertz CT molecular complexity index is 615. The van der Waals surface area contributed by atoms with Crippen LogP contribution in [0.1, 0.15) is 5.56 Å². The monoisotopic (exact) mass is 308 g/mol. The van der Waals surface area contributed by atoms with Gasteiger partial charge in [-0.05, 0) is 46.3 Å². The molecule has 0 aliphatic carbocycles. The van der Waals surface area contributed by atoms with Crippen molar-refractivity contribution in [3.8, 4) is 6.07 Å². The number of hydrogen-bond donors (Lipinski definition) is 1. The van der Waals surface area contributed by atoms with Gasteiger partial charge in [0.1, 0.15) is 11.6 Å². The molecule has 5 heteroatoms. The van der Waals surface area contributed by atoms with Gasteiger partial charge in [-0.3, -0.25) is 0 Å². The van der Waals surface area contributed by atoms with E-state index in [1.807, 2.05) is 6.07 Å². The lowest BCUT2D eigenvalue weighted by Gasteiger charge is -2.09. The zero-order valence-electron chi connectivity index (χ0n) is 9.05. The van der Waals surface area contributed by atoms with Gasteiger partial charge in [-0.2, -0.15) is 5.26 Å². The van der Waals surface area contributed by atoms with Crippen molar-refractivity contribution >= 4 is 27.3 Å². The number of nitriles is 1. The minimum atomic E-state index is -0.651. The highest BCUT2D eigenvalue weighted by Crippen LogP contribution is 2.27. The molecule has 0 atom stereocenters. The van der Waals surface area contributed by atoms with Crippen LogP contribution in [0.2, 0.25) is 0 Å². The molecule has 18 heavy (non-hydrogen) atoms. The summed E-state index contributed by atoms with van der Waals surface area (Å²) in [6, 6.07) is 10.1. The maximum Gasteiger partial charge on any atom is 0.128 e. The van der Waals surface area contributed by atoms with Crippen LogP contribution in [-0.2, 0) is 0 Å². The minimum absolute atomic E-state index is 0.304. The van der Waals surface area contributed by atoms with Crippen molar-refractivity contribution in [3.05, 3.63) is 58.1 Å². The van der Waals surface area contributed by atoms with Crippen molar-refractivity contribution in [1.29, 1.82) is 5.26 Å². The summed E-state index contributed by atoms with van der Waals surface area (Å²) < 4.78 is 26.7. The summed E-state index contributed by atoms with van der Waals surface area (Å²) in [4.78, 5) is 0. The first-order valence-electron chi connectivity index (χ1n) is 5.01. The maximum atomic E-state index is 13.0. The Morgan fingerprint density at radius 1 is 1.06 bits per heavy atom. The second-order valence-corrected chi connectivity index (χ2v) is 4.44. The summed E-state index contributed by atoms with van der Waals surface area (Å²) >= 11 is 3.28. The van der Waals surface area contributed by atoms with Gasteiger partial charge in [0.25, 0.3) is 0 Å². The summed E-state index contributed by atoms with van der Waals surface area (Å²) in [6.45, 7) is 0. The van der Waals surface area contributed by atoms with Gasteiger partial charge in [-0.25, -0.2) is 8.78 Å². The summed E-state index contributed by atoms with van der Waals surface area (Å²) in [5, 5.41) is 11.6. The highest BCUT2D eigenvalue weighted by Gasteiger charge is 2.04.